The highest BCUT2D eigenvalue weighted by Crippen LogP contribution is 2.27. The van der Waals surface area contributed by atoms with Gasteiger partial charge in [0.2, 0.25) is 0 Å². The Morgan fingerprint density at radius 3 is 2.73 bits per heavy atom. The molecule has 0 saturated heterocycles. The lowest BCUT2D eigenvalue weighted by Gasteiger charge is -2.00. The molecule has 0 spiro atoms. The highest BCUT2D eigenvalue weighted by molar-refractivity contribution is 7.71. The van der Waals surface area contributed by atoms with Gasteiger partial charge >= 0.3 is 0 Å². The summed E-state index contributed by atoms with van der Waals surface area (Å²) in [4.78, 5) is 5.49. The summed E-state index contributed by atoms with van der Waals surface area (Å²) in [5.41, 5.74) is 1.02. The van der Waals surface area contributed by atoms with Crippen LogP contribution in [0.5, 0.6) is 0 Å². The van der Waals surface area contributed by atoms with Crippen molar-refractivity contribution in [1.82, 2.24) is 19.7 Å². The Labute approximate surface area is 97.0 Å². The first kappa shape index (κ1) is 10.5. The third kappa shape index (κ3) is 1.74. The van der Waals surface area contributed by atoms with E-state index in [4.69, 9.17) is 12.2 Å². The minimum Gasteiger partial charge on any atom is -0.300 e. The van der Waals surface area contributed by atoms with Crippen LogP contribution in [-0.2, 0) is 6.54 Å². The highest BCUT2D eigenvalue weighted by atomic mass is 32.1. The Hall–Kier alpha value is -1.01. The lowest BCUT2D eigenvalue weighted by Crippen LogP contribution is -1.97. The molecular formula is C9H12N4S2. The summed E-state index contributed by atoms with van der Waals surface area (Å²) in [6.07, 6.45) is 0. The number of aromatic amines is 1. The van der Waals surface area contributed by atoms with E-state index < -0.39 is 0 Å². The number of hydrogen-bond donors (Lipinski definition) is 1. The summed E-state index contributed by atoms with van der Waals surface area (Å²) in [5, 5.41) is 8.12. The third-order valence-corrected chi connectivity index (χ3v) is 3.56. The van der Waals surface area contributed by atoms with E-state index in [1.54, 1.807) is 11.3 Å². The molecule has 0 atom stereocenters. The average Bonchev–Trinajstić information content (AvgIpc) is 2.69. The van der Waals surface area contributed by atoms with Crippen LogP contribution in [0.3, 0.4) is 0 Å². The first-order chi connectivity index (χ1) is 7.13. The molecule has 0 unspecified atom stereocenters. The van der Waals surface area contributed by atoms with Gasteiger partial charge in [0.05, 0.1) is 15.6 Å². The largest absolute Gasteiger partial charge is 0.300 e. The fourth-order valence-electron chi connectivity index (χ4n) is 1.52. The van der Waals surface area contributed by atoms with E-state index in [-0.39, 0.29) is 0 Å². The monoisotopic (exact) mass is 240 g/mol. The SMILES string of the molecule is CCn1c(-c2sc(C)nc2C)n[nH]c1=S. The molecule has 4 nitrogen and oxygen atoms in total. The predicted molar refractivity (Wildman–Crippen MR) is 63.7 cm³/mol. The molecule has 15 heavy (non-hydrogen) atoms. The van der Waals surface area contributed by atoms with Gasteiger partial charge in [-0.15, -0.1) is 11.3 Å². The van der Waals surface area contributed by atoms with Gasteiger partial charge in [-0.05, 0) is 33.0 Å². The average molecular weight is 240 g/mol. The molecule has 2 rings (SSSR count). The van der Waals surface area contributed by atoms with Gasteiger partial charge in [-0.25, -0.2) is 4.98 Å². The summed E-state index contributed by atoms with van der Waals surface area (Å²) >= 11 is 6.80. The van der Waals surface area contributed by atoms with Gasteiger partial charge in [0.25, 0.3) is 0 Å². The van der Waals surface area contributed by atoms with Gasteiger partial charge in [0, 0.05) is 6.54 Å². The molecular weight excluding hydrogens is 228 g/mol. The Balaban J connectivity index is 2.63. The fourth-order valence-corrected chi connectivity index (χ4v) is 2.70. The van der Waals surface area contributed by atoms with Crippen molar-refractivity contribution < 1.29 is 0 Å². The molecule has 0 amide bonds. The fraction of sp³-hybridized carbons (Fsp3) is 0.444. The van der Waals surface area contributed by atoms with Gasteiger partial charge in [-0.1, -0.05) is 0 Å². The van der Waals surface area contributed by atoms with Crippen molar-refractivity contribution in [1.29, 1.82) is 0 Å². The van der Waals surface area contributed by atoms with Gasteiger partial charge in [0.15, 0.2) is 10.6 Å². The molecule has 80 valence electrons. The van der Waals surface area contributed by atoms with Crippen molar-refractivity contribution in [2.24, 2.45) is 0 Å². The van der Waals surface area contributed by atoms with Crippen LogP contribution in [-0.4, -0.2) is 19.7 Å². The van der Waals surface area contributed by atoms with Gasteiger partial charge in [0.1, 0.15) is 0 Å². The molecule has 0 aliphatic heterocycles. The zero-order chi connectivity index (χ0) is 11.0. The van der Waals surface area contributed by atoms with Crippen LogP contribution in [0.25, 0.3) is 10.7 Å². The Morgan fingerprint density at radius 2 is 2.20 bits per heavy atom. The van der Waals surface area contributed by atoms with Crippen molar-refractivity contribution in [2.75, 3.05) is 0 Å². The summed E-state index contributed by atoms with van der Waals surface area (Å²) in [7, 11) is 0. The molecule has 0 aliphatic carbocycles. The summed E-state index contributed by atoms with van der Waals surface area (Å²) < 4.78 is 2.65. The molecule has 0 radical (unpaired) electrons. The second-order valence-corrected chi connectivity index (χ2v) is 4.83. The molecule has 2 heterocycles. The minimum absolute atomic E-state index is 0.665. The Morgan fingerprint density at radius 1 is 1.47 bits per heavy atom. The molecule has 2 aromatic rings. The van der Waals surface area contributed by atoms with E-state index in [0.29, 0.717) is 4.77 Å². The van der Waals surface area contributed by atoms with E-state index in [2.05, 4.69) is 22.1 Å². The van der Waals surface area contributed by atoms with Crippen LogP contribution in [0.15, 0.2) is 0 Å². The first-order valence-electron chi connectivity index (χ1n) is 4.73. The zero-order valence-corrected chi connectivity index (χ0v) is 10.5. The summed E-state index contributed by atoms with van der Waals surface area (Å²) in [6, 6.07) is 0. The standard InChI is InChI=1S/C9H12N4S2/c1-4-13-8(11-12-9(13)14)7-5(2)10-6(3)15-7/h4H2,1-3H3,(H,12,14). The van der Waals surface area contributed by atoms with Crippen molar-refractivity contribution in [2.45, 2.75) is 27.3 Å². The third-order valence-electron chi connectivity index (χ3n) is 2.18. The Kier molecular flexibility index (Phi) is 2.70. The second-order valence-electron chi connectivity index (χ2n) is 3.24. The quantitative estimate of drug-likeness (QED) is 0.821. The second kappa shape index (κ2) is 3.86. The molecule has 6 heteroatoms. The van der Waals surface area contributed by atoms with E-state index in [0.717, 1.165) is 27.9 Å². The molecule has 0 aliphatic rings. The molecule has 2 aromatic heterocycles. The van der Waals surface area contributed by atoms with E-state index in [1.807, 2.05) is 18.4 Å². The van der Waals surface area contributed by atoms with E-state index in [9.17, 15) is 0 Å². The maximum Gasteiger partial charge on any atom is 0.195 e. The molecule has 0 bridgehead atoms. The molecule has 1 N–H and O–H groups in total. The number of aromatic nitrogens is 4. The molecule has 0 fully saturated rings. The number of aryl methyl sites for hydroxylation is 2. The van der Waals surface area contributed by atoms with Gasteiger partial charge < -0.3 is 0 Å². The van der Waals surface area contributed by atoms with E-state index >= 15 is 0 Å². The van der Waals surface area contributed by atoms with Crippen LogP contribution < -0.4 is 0 Å². The highest BCUT2D eigenvalue weighted by Gasteiger charge is 2.13. The van der Waals surface area contributed by atoms with Crippen LogP contribution in [0, 0.1) is 18.6 Å². The number of H-pyrrole nitrogens is 1. The Bertz CT molecular complexity index is 535. The summed E-state index contributed by atoms with van der Waals surface area (Å²) in [5.74, 6) is 0.894. The smallest absolute Gasteiger partial charge is 0.195 e. The minimum atomic E-state index is 0.665. The number of hydrogen-bond acceptors (Lipinski definition) is 4. The number of nitrogens with one attached hydrogen (secondary N) is 1. The maximum absolute atomic E-state index is 5.15. The maximum atomic E-state index is 5.15. The number of thiazole rings is 1. The van der Waals surface area contributed by atoms with Gasteiger partial charge in [-0.2, -0.15) is 5.10 Å². The normalized spacial score (nSPS) is 10.9. The van der Waals surface area contributed by atoms with Crippen LogP contribution in [0.1, 0.15) is 17.6 Å². The lowest BCUT2D eigenvalue weighted by atomic mass is 10.4. The van der Waals surface area contributed by atoms with Crippen LogP contribution >= 0.6 is 23.6 Å². The van der Waals surface area contributed by atoms with E-state index in [1.165, 1.54) is 0 Å². The topological polar surface area (TPSA) is 46.5 Å². The van der Waals surface area contributed by atoms with Crippen LogP contribution in [0.2, 0.25) is 0 Å². The van der Waals surface area contributed by atoms with Crippen LogP contribution in [0.4, 0.5) is 0 Å². The molecule has 0 aromatic carbocycles. The lowest BCUT2D eigenvalue weighted by molar-refractivity contribution is 0.756. The zero-order valence-electron chi connectivity index (χ0n) is 8.87. The van der Waals surface area contributed by atoms with Crippen molar-refractivity contribution in [3.05, 3.63) is 15.5 Å². The van der Waals surface area contributed by atoms with Crippen molar-refractivity contribution in [3.8, 4) is 10.7 Å². The number of rotatable bonds is 2. The molecule has 0 saturated carbocycles. The number of nitrogens with zero attached hydrogens (tertiary/aromatic N) is 3. The predicted octanol–water partition coefficient (Wildman–Crippen LogP) is 2.70. The first-order valence-corrected chi connectivity index (χ1v) is 5.95. The van der Waals surface area contributed by atoms with Crippen molar-refractivity contribution in [3.63, 3.8) is 0 Å². The van der Waals surface area contributed by atoms with Crippen molar-refractivity contribution >= 4 is 23.6 Å². The van der Waals surface area contributed by atoms with Gasteiger partial charge in [-0.3, -0.25) is 9.67 Å². The summed E-state index contributed by atoms with van der Waals surface area (Å²) in [6.45, 7) is 6.87.